The van der Waals surface area contributed by atoms with Crippen molar-refractivity contribution in [1.29, 1.82) is 0 Å². The van der Waals surface area contributed by atoms with Crippen LogP contribution in [0.25, 0.3) is 16.3 Å². The maximum absolute atomic E-state index is 7.00. The first-order chi connectivity index (χ1) is 10.6. The molecule has 0 saturated heterocycles. The summed E-state index contributed by atoms with van der Waals surface area (Å²) >= 11 is 0. The molecule has 0 aromatic heterocycles. The zero-order valence-electron chi connectivity index (χ0n) is 15.6. The minimum Gasteiger partial charge on any atom is -0.400 e. The Kier molecular flexibility index (Phi) is 18.3. The second-order valence-corrected chi connectivity index (χ2v) is 5.73. The first kappa shape index (κ1) is 29.2. The van der Waals surface area contributed by atoms with Crippen molar-refractivity contribution in [3.05, 3.63) is 71.7 Å². The van der Waals surface area contributed by atoms with Crippen LogP contribution in [-0.4, -0.2) is 12.2 Å². The van der Waals surface area contributed by atoms with Crippen LogP contribution < -0.4 is 0 Å². The van der Waals surface area contributed by atoms with Crippen LogP contribution in [0, 0.1) is 12.0 Å². The third kappa shape index (κ3) is 9.63. The molecule has 25 heavy (non-hydrogen) atoms. The molecule has 0 fully saturated rings. The van der Waals surface area contributed by atoms with Gasteiger partial charge in [-0.15, -0.1) is 60.0 Å². The Labute approximate surface area is 180 Å². The summed E-state index contributed by atoms with van der Waals surface area (Å²) in [6.07, 6.45) is 5.45. The van der Waals surface area contributed by atoms with Crippen LogP contribution >= 0.6 is 24.8 Å². The third-order valence-corrected chi connectivity index (χ3v) is 3.15. The standard InChI is InChI=1S/C16H13.C4H9.CH4O.2ClH.Ti/c1-12-5-4-8-16(12)15-10-9-13-6-2-3-7-14(13)11-15;1-4(2)3;1-2;;;/h2-7,9-10H,8H2,1H3;1-3H3;2H,1H3;2*1H;/q2*-1;;;;+2. The number of hydrogen-bond donors (Lipinski definition) is 1. The molecular formula is C21H28Cl2OTi. The normalized spacial score (nSPS) is 11.3. The Morgan fingerprint density at radius 1 is 0.960 bits per heavy atom. The van der Waals surface area contributed by atoms with Gasteiger partial charge in [0.05, 0.1) is 0 Å². The topological polar surface area (TPSA) is 20.2 Å². The van der Waals surface area contributed by atoms with Gasteiger partial charge in [0.2, 0.25) is 0 Å². The van der Waals surface area contributed by atoms with Gasteiger partial charge in [0.25, 0.3) is 0 Å². The van der Waals surface area contributed by atoms with E-state index in [0.717, 1.165) is 13.5 Å². The van der Waals surface area contributed by atoms with E-state index >= 15 is 0 Å². The zero-order valence-corrected chi connectivity index (χ0v) is 18.8. The largest absolute Gasteiger partial charge is 2.00 e. The van der Waals surface area contributed by atoms with E-state index in [1.165, 1.54) is 33.4 Å². The fraction of sp³-hybridized carbons (Fsp3) is 0.286. The molecule has 4 heteroatoms. The quantitative estimate of drug-likeness (QED) is 0.420. The Morgan fingerprint density at radius 2 is 1.52 bits per heavy atom. The van der Waals surface area contributed by atoms with E-state index in [2.05, 4.69) is 82.3 Å². The Hall–Kier alpha value is -0.566. The Bertz CT molecular complexity index is 661. The number of benzene rings is 2. The molecule has 0 saturated carbocycles. The molecule has 3 rings (SSSR count). The number of halogens is 2. The van der Waals surface area contributed by atoms with Gasteiger partial charge < -0.3 is 11.0 Å². The summed E-state index contributed by atoms with van der Waals surface area (Å²) < 4.78 is 0. The molecule has 136 valence electrons. The van der Waals surface area contributed by atoms with Crippen LogP contribution in [0.3, 0.4) is 0 Å². The van der Waals surface area contributed by atoms with Crippen molar-refractivity contribution in [1.82, 2.24) is 0 Å². The van der Waals surface area contributed by atoms with Crippen LogP contribution in [-0.2, 0) is 21.7 Å². The van der Waals surface area contributed by atoms with E-state index in [1.54, 1.807) is 0 Å². The summed E-state index contributed by atoms with van der Waals surface area (Å²) in [7, 11) is 1.00. The molecule has 2 aromatic carbocycles. The van der Waals surface area contributed by atoms with Crippen molar-refractivity contribution >= 4 is 41.2 Å². The van der Waals surface area contributed by atoms with E-state index in [0.29, 0.717) is 0 Å². The van der Waals surface area contributed by atoms with Crippen molar-refractivity contribution in [2.24, 2.45) is 0 Å². The van der Waals surface area contributed by atoms with Crippen molar-refractivity contribution in [3.63, 3.8) is 0 Å². The van der Waals surface area contributed by atoms with E-state index in [1.807, 2.05) is 0 Å². The second kappa shape index (κ2) is 15.7. The third-order valence-electron chi connectivity index (χ3n) is 3.15. The molecule has 0 bridgehead atoms. The number of allylic oxidation sites excluding steroid dienone is 4. The molecule has 0 spiro atoms. The van der Waals surface area contributed by atoms with Gasteiger partial charge in [0.1, 0.15) is 0 Å². The van der Waals surface area contributed by atoms with Crippen molar-refractivity contribution in [2.75, 3.05) is 7.11 Å². The molecule has 1 N–H and O–H groups in total. The van der Waals surface area contributed by atoms with Crippen molar-refractivity contribution < 1.29 is 26.8 Å². The van der Waals surface area contributed by atoms with Gasteiger partial charge in [0, 0.05) is 7.11 Å². The molecule has 0 amide bonds. The molecule has 1 aliphatic carbocycles. The van der Waals surface area contributed by atoms with Crippen LogP contribution in [0.1, 0.15) is 39.7 Å². The van der Waals surface area contributed by atoms with Gasteiger partial charge in [-0.25, -0.2) is 0 Å². The van der Waals surface area contributed by atoms with Crippen LogP contribution in [0.2, 0.25) is 0 Å². The molecule has 1 nitrogen and oxygen atoms in total. The van der Waals surface area contributed by atoms with Gasteiger partial charge in [-0.1, -0.05) is 46.9 Å². The number of fused-ring (bicyclic) bond motifs is 1. The predicted molar refractivity (Wildman–Crippen MR) is 112 cm³/mol. The minimum absolute atomic E-state index is 0. The summed E-state index contributed by atoms with van der Waals surface area (Å²) in [5.74, 6) is 1.42. The molecule has 0 atom stereocenters. The van der Waals surface area contributed by atoms with Crippen LogP contribution in [0.5, 0.6) is 0 Å². The van der Waals surface area contributed by atoms with Gasteiger partial charge in [-0.05, 0) is 13.3 Å². The summed E-state index contributed by atoms with van der Waals surface area (Å²) in [4.78, 5) is 0. The van der Waals surface area contributed by atoms with Crippen LogP contribution in [0.15, 0.2) is 54.1 Å². The molecule has 0 radical (unpaired) electrons. The van der Waals surface area contributed by atoms with E-state index < -0.39 is 0 Å². The average molecular weight is 415 g/mol. The molecule has 1 aliphatic rings. The minimum atomic E-state index is 0. The summed E-state index contributed by atoms with van der Waals surface area (Å²) in [5, 5.41) is 9.46. The molecule has 0 unspecified atom stereocenters. The summed E-state index contributed by atoms with van der Waals surface area (Å²) in [6.45, 7) is 8.42. The fourth-order valence-corrected chi connectivity index (χ4v) is 2.23. The van der Waals surface area contributed by atoms with Crippen LogP contribution in [0.4, 0.5) is 0 Å². The van der Waals surface area contributed by atoms with E-state index in [9.17, 15) is 0 Å². The predicted octanol–water partition coefficient (Wildman–Crippen LogP) is 6.44. The van der Waals surface area contributed by atoms with Gasteiger partial charge in [-0.3, -0.25) is 0 Å². The Balaban J connectivity index is -0.000000481. The smallest absolute Gasteiger partial charge is 0.400 e. The van der Waals surface area contributed by atoms with Crippen molar-refractivity contribution in [3.8, 4) is 0 Å². The average Bonchev–Trinajstić information content (AvgIpc) is 2.94. The fourth-order valence-electron chi connectivity index (χ4n) is 2.23. The SMILES string of the molecule is CC1=C(c2[c-]c3ccccc3cc2)CC=C1.CO.C[C-](C)C.Cl.Cl.[Ti+2]. The number of rotatable bonds is 1. The second-order valence-electron chi connectivity index (χ2n) is 5.73. The molecule has 0 aliphatic heterocycles. The molecule has 2 aromatic rings. The maximum Gasteiger partial charge on any atom is 2.00 e. The first-order valence-corrected chi connectivity index (χ1v) is 7.57. The molecular weight excluding hydrogens is 387 g/mol. The summed E-state index contributed by atoms with van der Waals surface area (Å²) in [6, 6.07) is 16.2. The summed E-state index contributed by atoms with van der Waals surface area (Å²) in [5.41, 5.74) is 4.01. The van der Waals surface area contributed by atoms with Gasteiger partial charge in [0.15, 0.2) is 0 Å². The Morgan fingerprint density at radius 3 is 2.04 bits per heavy atom. The van der Waals surface area contributed by atoms with Gasteiger partial charge in [-0.2, -0.15) is 20.8 Å². The monoisotopic (exact) mass is 414 g/mol. The maximum atomic E-state index is 7.00. The molecule has 0 heterocycles. The van der Waals surface area contributed by atoms with Gasteiger partial charge >= 0.3 is 21.7 Å². The first-order valence-electron chi connectivity index (χ1n) is 7.57. The van der Waals surface area contributed by atoms with E-state index in [-0.39, 0.29) is 46.5 Å². The zero-order chi connectivity index (χ0) is 16.5. The van der Waals surface area contributed by atoms with E-state index in [4.69, 9.17) is 5.11 Å². The van der Waals surface area contributed by atoms with Crippen molar-refractivity contribution in [2.45, 2.75) is 34.1 Å². The number of hydrogen-bond acceptors (Lipinski definition) is 1. The number of aliphatic hydroxyl groups excluding tert-OH is 1. The number of aliphatic hydroxyl groups is 1.